The van der Waals surface area contributed by atoms with Crippen molar-refractivity contribution in [3.05, 3.63) is 29.3 Å². The van der Waals surface area contributed by atoms with Gasteiger partial charge in [-0.1, -0.05) is 19.1 Å². The standard InChI is InChI=1S/C16H25NO2/c1-5-12-6-7-15(19-4)13(8-12)10-17-11-14(18)9-16(17,2)3/h6-8,14,18H,5,9-11H2,1-4H3. The van der Waals surface area contributed by atoms with Crippen molar-refractivity contribution in [1.29, 1.82) is 0 Å². The van der Waals surface area contributed by atoms with Crippen molar-refractivity contribution in [2.75, 3.05) is 13.7 Å². The highest BCUT2D eigenvalue weighted by molar-refractivity contribution is 5.37. The van der Waals surface area contributed by atoms with Gasteiger partial charge >= 0.3 is 0 Å². The zero-order chi connectivity index (χ0) is 14.0. The van der Waals surface area contributed by atoms with Crippen molar-refractivity contribution in [2.24, 2.45) is 0 Å². The van der Waals surface area contributed by atoms with Crippen LogP contribution in [-0.4, -0.2) is 35.3 Å². The molecule has 0 aromatic heterocycles. The van der Waals surface area contributed by atoms with E-state index in [0.717, 1.165) is 31.7 Å². The minimum Gasteiger partial charge on any atom is -0.496 e. The molecule has 1 aliphatic rings. The van der Waals surface area contributed by atoms with Gasteiger partial charge in [-0.2, -0.15) is 0 Å². The van der Waals surface area contributed by atoms with Gasteiger partial charge in [0, 0.05) is 24.2 Å². The largest absolute Gasteiger partial charge is 0.496 e. The smallest absolute Gasteiger partial charge is 0.123 e. The fraction of sp³-hybridized carbons (Fsp3) is 0.625. The van der Waals surface area contributed by atoms with Crippen LogP contribution in [0, 0.1) is 0 Å². The predicted molar refractivity (Wildman–Crippen MR) is 77.5 cm³/mol. The Balaban J connectivity index is 2.22. The van der Waals surface area contributed by atoms with E-state index < -0.39 is 0 Å². The topological polar surface area (TPSA) is 32.7 Å². The molecule has 1 saturated heterocycles. The van der Waals surface area contributed by atoms with E-state index in [1.165, 1.54) is 11.1 Å². The highest BCUT2D eigenvalue weighted by atomic mass is 16.5. The molecule has 1 aromatic rings. The first-order valence-electron chi connectivity index (χ1n) is 7.05. The number of nitrogens with zero attached hydrogens (tertiary/aromatic N) is 1. The van der Waals surface area contributed by atoms with Crippen molar-refractivity contribution in [3.8, 4) is 5.75 Å². The van der Waals surface area contributed by atoms with Crippen LogP contribution in [-0.2, 0) is 13.0 Å². The fourth-order valence-corrected chi connectivity index (χ4v) is 2.93. The van der Waals surface area contributed by atoms with Crippen molar-refractivity contribution in [1.82, 2.24) is 4.90 Å². The molecule has 1 aromatic carbocycles. The average molecular weight is 263 g/mol. The molecule has 1 atom stereocenters. The number of aryl methyl sites for hydroxylation is 1. The predicted octanol–water partition coefficient (Wildman–Crippen LogP) is 2.60. The molecule has 1 N–H and O–H groups in total. The lowest BCUT2D eigenvalue weighted by Gasteiger charge is -2.31. The van der Waals surface area contributed by atoms with E-state index in [1.807, 2.05) is 6.07 Å². The van der Waals surface area contributed by atoms with E-state index in [-0.39, 0.29) is 11.6 Å². The van der Waals surface area contributed by atoms with Gasteiger partial charge in [0.2, 0.25) is 0 Å². The summed E-state index contributed by atoms with van der Waals surface area (Å²) >= 11 is 0. The fourth-order valence-electron chi connectivity index (χ4n) is 2.93. The molecule has 0 aliphatic carbocycles. The number of rotatable bonds is 4. The molecule has 0 bridgehead atoms. The van der Waals surface area contributed by atoms with E-state index in [0.29, 0.717) is 0 Å². The Labute approximate surface area is 116 Å². The summed E-state index contributed by atoms with van der Waals surface area (Å²) in [5.74, 6) is 0.939. The average Bonchev–Trinajstić information content (AvgIpc) is 2.62. The van der Waals surface area contributed by atoms with E-state index in [1.54, 1.807) is 7.11 Å². The number of benzene rings is 1. The first-order chi connectivity index (χ1) is 8.96. The van der Waals surface area contributed by atoms with E-state index in [9.17, 15) is 5.11 Å². The SMILES string of the molecule is CCc1ccc(OC)c(CN2CC(O)CC2(C)C)c1. The molecule has 1 fully saturated rings. The maximum atomic E-state index is 9.87. The van der Waals surface area contributed by atoms with Crippen molar-refractivity contribution >= 4 is 0 Å². The van der Waals surface area contributed by atoms with Crippen LogP contribution in [0.5, 0.6) is 5.75 Å². The summed E-state index contributed by atoms with van der Waals surface area (Å²) in [6.45, 7) is 8.13. The van der Waals surface area contributed by atoms with Crippen LogP contribution in [0.3, 0.4) is 0 Å². The minimum atomic E-state index is -0.213. The third kappa shape index (κ3) is 3.10. The molecule has 1 unspecified atom stereocenters. The lowest BCUT2D eigenvalue weighted by atomic mass is 10.00. The van der Waals surface area contributed by atoms with Gasteiger partial charge in [0.1, 0.15) is 5.75 Å². The van der Waals surface area contributed by atoms with Gasteiger partial charge in [0.05, 0.1) is 13.2 Å². The lowest BCUT2D eigenvalue weighted by Crippen LogP contribution is -2.37. The lowest BCUT2D eigenvalue weighted by molar-refractivity contribution is 0.155. The highest BCUT2D eigenvalue weighted by Crippen LogP contribution is 2.32. The summed E-state index contributed by atoms with van der Waals surface area (Å²) in [7, 11) is 1.72. The Morgan fingerprint density at radius 1 is 1.42 bits per heavy atom. The number of aliphatic hydroxyl groups is 1. The Morgan fingerprint density at radius 3 is 2.68 bits per heavy atom. The molecule has 0 amide bonds. The maximum Gasteiger partial charge on any atom is 0.123 e. The number of β-amino-alcohol motifs (C(OH)–C–C–N with tert-alkyl or cyclic N) is 1. The van der Waals surface area contributed by atoms with E-state index in [2.05, 4.69) is 37.8 Å². The van der Waals surface area contributed by atoms with Gasteiger partial charge < -0.3 is 9.84 Å². The Bertz CT molecular complexity index is 442. The number of hydrogen-bond acceptors (Lipinski definition) is 3. The quantitative estimate of drug-likeness (QED) is 0.906. The number of likely N-dealkylation sites (tertiary alicyclic amines) is 1. The molecular weight excluding hydrogens is 238 g/mol. The van der Waals surface area contributed by atoms with E-state index >= 15 is 0 Å². The van der Waals surface area contributed by atoms with Crippen molar-refractivity contribution in [3.63, 3.8) is 0 Å². The Hall–Kier alpha value is -1.06. The maximum absolute atomic E-state index is 9.87. The zero-order valence-electron chi connectivity index (χ0n) is 12.4. The number of methoxy groups -OCH3 is 1. The van der Waals surface area contributed by atoms with Crippen LogP contribution in [0.25, 0.3) is 0 Å². The number of aliphatic hydroxyl groups excluding tert-OH is 1. The van der Waals surface area contributed by atoms with Crippen molar-refractivity contribution in [2.45, 2.75) is 51.8 Å². The van der Waals surface area contributed by atoms with Gasteiger partial charge in [0.25, 0.3) is 0 Å². The Morgan fingerprint density at radius 2 is 2.16 bits per heavy atom. The molecule has 2 rings (SSSR count). The molecule has 106 valence electrons. The summed E-state index contributed by atoms with van der Waals surface area (Å²) < 4.78 is 5.46. The molecule has 0 radical (unpaired) electrons. The monoisotopic (exact) mass is 263 g/mol. The number of ether oxygens (including phenoxy) is 1. The molecular formula is C16H25NO2. The van der Waals surface area contributed by atoms with Crippen molar-refractivity contribution < 1.29 is 9.84 Å². The highest BCUT2D eigenvalue weighted by Gasteiger charge is 2.37. The summed E-state index contributed by atoms with van der Waals surface area (Å²) in [6, 6.07) is 6.39. The first-order valence-corrected chi connectivity index (χ1v) is 7.05. The van der Waals surface area contributed by atoms with Crippen LogP contribution in [0.4, 0.5) is 0 Å². The van der Waals surface area contributed by atoms with Gasteiger partial charge in [-0.3, -0.25) is 4.90 Å². The van der Waals surface area contributed by atoms with Crippen LogP contribution in [0.2, 0.25) is 0 Å². The van der Waals surface area contributed by atoms with Crippen LogP contribution in [0.15, 0.2) is 18.2 Å². The van der Waals surface area contributed by atoms with Gasteiger partial charge in [-0.05, 0) is 38.3 Å². The van der Waals surface area contributed by atoms with Gasteiger partial charge in [-0.15, -0.1) is 0 Å². The molecule has 1 heterocycles. The van der Waals surface area contributed by atoms with Crippen LogP contribution < -0.4 is 4.74 Å². The Kier molecular flexibility index (Phi) is 4.16. The number of hydrogen-bond donors (Lipinski definition) is 1. The van der Waals surface area contributed by atoms with Crippen LogP contribution in [0.1, 0.15) is 38.3 Å². The van der Waals surface area contributed by atoms with Crippen LogP contribution >= 0.6 is 0 Å². The van der Waals surface area contributed by atoms with E-state index in [4.69, 9.17) is 4.74 Å². The summed E-state index contributed by atoms with van der Waals surface area (Å²) in [6.07, 6.45) is 1.65. The van der Waals surface area contributed by atoms with Gasteiger partial charge in [0.15, 0.2) is 0 Å². The third-order valence-corrected chi connectivity index (χ3v) is 4.14. The minimum absolute atomic E-state index is 0.0483. The molecule has 3 heteroatoms. The second kappa shape index (κ2) is 5.51. The molecule has 3 nitrogen and oxygen atoms in total. The molecule has 1 aliphatic heterocycles. The molecule has 0 saturated carbocycles. The first kappa shape index (κ1) is 14.4. The third-order valence-electron chi connectivity index (χ3n) is 4.14. The summed E-state index contributed by atoms with van der Waals surface area (Å²) in [5.41, 5.74) is 2.59. The second-order valence-corrected chi connectivity index (χ2v) is 6.05. The summed E-state index contributed by atoms with van der Waals surface area (Å²) in [5, 5.41) is 9.87. The van der Waals surface area contributed by atoms with Gasteiger partial charge in [-0.25, -0.2) is 0 Å². The second-order valence-electron chi connectivity index (χ2n) is 6.05. The molecule has 0 spiro atoms. The summed E-state index contributed by atoms with van der Waals surface area (Å²) in [4.78, 5) is 2.34. The zero-order valence-corrected chi connectivity index (χ0v) is 12.4. The molecule has 19 heavy (non-hydrogen) atoms. The normalized spacial score (nSPS) is 22.7.